The number of fused-ring (bicyclic) bond motifs is 1. The van der Waals surface area contributed by atoms with Gasteiger partial charge >= 0.3 is 7.82 Å². The Hall–Kier alpha value is -1.62. The molecule has 0 bridgehead atoms. The Balaban J connectivity index is 1.89. The number of aliphatic hydroxyl groups is 1. The predicted molar refractivity (Wildman–Crippen MR) is 69.5 cm³/mol. The van der Waals surface area contributed by atoms with Crippen molar-refractivity contribution in [1.82, 2.24) is 19.5 Å². The number of aromatic nitrogens is 4. The highest BCUT2D eigenvalue weighted by atomic mass is 31.2. The van der Waals surface area contributed by atoms with Gasteiger partial charge in [-0.05, 0) is 0 Å². The number of nitrogens with zero attached hydrogens (tertiary/aromatic N) is 4. The molecule has 0 saturated carbocycles. The van der Waals surface area contributed by atoms with Gasteiger partial charge in [0.1, 0.15) is 24.8 Å². The van der Waals surface area contributed by atoms with E-state index in [0.29, 0.717) is 5.65 Å². The fourth-order valence-corrected chi connectivity index (χ4v) is 2.95. The van der Waals surface area contributed by atoms with Gasteiger partial charge in [-0.25, -0.2) is 14.5 Å². The summed E-state index contributed by atoms with van der Waals surface area (Å²) < 4.78 is 22.6. The van der Waals surface area contributed by atoms with Crippen molar-refractivity contribution < 1.29 is 33.8 Å². The Morgan fingerprint density at radius 1 is 1.41 bits per heavy atom. The van der Waals surface area contributed by atoms with Gasteiger partial charge < -0.3 is 24.7 Å². The van der Waals surface area contributed by atoms with E-state index in [4.69, 9.17) is 14.5 Å². The van der Waals surface area contributed by atoms with E-state index in [2.05, 4.69) is 19.5 Å². The fraction of sp³-hybridized carbons (Fsp3) is 0.500. The Bertz CT molecular complexity index is 731. The van der Waals surface area contributed by atoms with Crippen LogP contribution in [-0.2, 0) is 13.8 Å². The molecular weight excluding hydrogens is 319 g/mol. The number of ether oxygens (including phenoxy) is 1. The molecule has 0 spiro atoms. The Labute approximate surface area is 123 Å². The standard InChI is InChI=1S/C10H13N4O7P/c15-2-6-5(21-22(17,18)19)1-7(20-6)14-4-13-8-9(14)11-3-12-10(8)16/h3-7,15H,1-2H2,(H,11,12,16)(H2,17,18,19)/t5-,6+,7+/m0/s1. The highest BCUT2D eigenvalue weighted by Crippen LogP contribution is 2.43. The zero-order valence-electron chi connectivity index (χ0n) is 11.1. The van der Waals surface area contributed by atoms with Gasteiger partial charge in [0.15, 0.2) is 11.2 Å². The average Bonchev–Trinajstić information content (AvgIpc) is 3.01. The molecule has 3 atom stereocenters. The van der Waals surface area contributed by atoms with Gasteiger partial charge in [-0.2, -0.15) is 4.98 Å². The molecule has 120 valence electrons. The number of rotatable bonds is 4. The maximum atomic E-state index is 11.0. The second-order valence-electron chi connectivity index (χ2n) is 4.70. The number of imidazole rings is 1. The van der Waals surface area contributed by atoms with E-state index < -0.39 is 32.9 Å². The molecule has 11 nitrogen and oxygen atoms in total. The van der Waals surface area contributed by atoms with Gasteiger partial charge in [-0.15, -0.1) is 0 Å². The van der Waals surface area contributed by atoms with E-state index in [-0.39, 0.29) is 17.8 Å². The van der Waals surface area contributed by atoms with E-state index in [1.54, 1.807) is 0 Å². The smallest absolute Gasteiger partial charge is 0.469 e. The third-order valence-corrected chi connectivity index (χ3v) is 3.83. The summed E-state index contributed by atoms with van der Waals surface area (Å²) in [6.07, 6.45) is 0.00458. The van der Waals surface area contributed by atoms with Crippen LogP contribution in [0.15, 0.2) is 12.7 Å². The topological polar surface area (TPSA) is 160 Å². The number of aliphatic hydroxyl groups excluding tert-OH is 1. The Morgan fingerprint density at radius 2 is 2.18 bits per heavy atom. The molecule has 2 aromatic heterocycles. The monoisotopic (exact) mass is 332 g/mol. The van der Waals surface area contributed by atoms with Crippen molar-refractivity contribution in [2.45, 2.75) is 24.9 Å². The molecule has 1 fully saturated rings. The molecular formula is C10H13N4O7P. The summed E-state index contributed by atoms with van der Waals surface area (Å²) in [6, 6.07) is 0. The van der Waals surface area contributed by atoms with E-state index in [0.717, 1.165) is 6.33 Å². The van der Waals surface area contributed by atoms with E-state index >= 15 is 0 Å². The highest BCUT2D eigenvalue weighted by molar-refractivity contribution is 7.46. The fourth-order valence-electron chi connectivity index (χ4n) is 2.37. The molecule has 22 heavy (non-hydrogen) atoms. The molecule has 1 aliphatic heterocycles. The van der Waals surface area contributed by atoms with Crippen LogP contribution < -0.4 is 0 Å². The van der Waals surface area contributed by atoms with Crippen molar-refractivity contribution in [2.24, 2.45) is 0 Å². The van der Waals surface area contributed by atoms with Crippen LogP contribution in [0.1, 0.15) is 12.6 Å². The number of phosphoric acid groups is 1. The zero-order valence-corrected chi connectivity index (χ0v) is 11.9. The van der Waals surface area contributed by atoms with Gasteiger partial charge in [0, 0.05) is 6.42 Å². The molecule has 2 aromatic rings. The first-order valence-corrected chi connectivity index (χ1v) is 7.79. The van der Waals surface area contributed by atoms with E-state index in [9.17, 15) is 14.8 Å². The maximum Gasteiger partial charge on any atom is 0.469 e. The molecule has 3 heterocycles. The summed E-state index contributed by atoms with van der Waals surface area (Å²) in [5.41, 5.74) is 0.469. The van der Waals surface area contributed by atoms with Gasteiger partial charge in [0.2, 0.25) is 5.88 Å². The normalized spacial score (nSPS) is 25.9. The van der Waals surface area contributed by atoms with E-state index in [1.165, 1.54) is 10.9 Å². The minimum Gasteiger partial charge on any atom is -0.492 e. The van der Waals surface area contributed by atoms with E-state index in [1.807, 2.05) is 0 Å². The average molecular weight is 332 g/mol. The number of aromatic hydroxyl groups is 1. The quantitative estimate of drug-likeness (QED) is 0.526. The maximum absolute atomic E-state index is 11.0. The summed E-state index contributed by atoms with van der Waals surface area (Å²) >= 11 is 0. The molecule has 4 N–H and O–H groups in total. The Morgan fingerprint density at radius 3 is 2.86 bits per heavy atom. The van der Waals surface area contributed by atoms with Crippen LogP contribution in [0, 0.1) is 0 Å². The molecule has 0 aromatic carbocycles. The Kier molecular flexibility index (Phi) is 3.85. The zero-order chi connectivity index (χ0) is 15.9. The highest BCUT2D eigenvalue weighted by Gasteiger charge is 2.40. The summed E-state index contributed by atoms with van der Waals surface area (Å²) in [6.45, 7) is -0.464. The third-order valence-electron chi connectivity index (χ3n) is 3.28. The molecule has 0 aliphatic carbocycles. The largest absolute Gasteiger partial charge is 0.492 e. The van der Waals surface area contributed by atoms with Gasteiger partial charge in [-0.1, -0.05) is 0 Å². The summed E-state index contributed by atoms with van der Waals surface area (Å²) in [5.74, 6) is -0.288. The third kappa shape index (κ3) is 2.82. The summed E-state index contributed by atoms with van der Waals surface area (Å²) in [5, 5.41) is 18.9. The van der Waals surface area contributed by atoms with Crippen LogP contribution in [0.25, 0.3) is 11.2 Å². The summed E-state index contributed by atoms with van der Waals surface area (Å²) in [4.78, 5) is 29.3. The van der Waals surface area contributed by atoms with Crippen molar-refractivity contribution >= 4 is 19.0 Å². The lowest BCUT2D eigenvalue weighted by Gasteiger charge is -2.16. The number of hydrogen-bond donors (Lipinski definition) is 4. The molecule has 1 saturated heterocycles. The first-order chi connectivity index (χ1) is 10.4. The van der Waals surface area contributed by atoms with Crippen LogP contribution in [0.5, 0.6) is 5.88 Å². The van der Waals surface area contributed by atoms with Crippen molar-refractivity contribution in [2.75, 3.05) is 6.61 Å². The molecule has 12 heteroatoms. The van der Waals surface area contributed by atoms with Crippen LogP contribution in [0.2, 0.25) is 0 Å². The lowest BCUT2D eigenvalue weighted by molar-refractivity contribution is -0.0425. The first kappa shape index (κ1) is 15.3. The van der Waals surface area contributed by atoms with Crippen molar-refractivity contribution in [1.29, 1.82) is 0 Å². The minimum atomic E-state index is -4.71. The molecule has 1 aliphatic rings. The van der Waals surface area contributed by atoms with Crippen molar-refractivity contribution in [3.8, 4) is 5.88 Å². The second kappa shape index (κ2) is 5.54. The number of phosphoric ester groups is 1. The lowest BCUT2D eigenvalue weighted by atomic mass is 10.2. The minimum absolute atomic E-state index is 0.0760. The van der Waals surface area contributed by atoms with Crippen LogP contribution >= 0.6 is 7.82 Å². The molecule has 0 unspecified atom stereocenters. The second-order valence-corrected chi connectivity index (χ2v) is 5.90. The molecule has 0 amide bonds. The number of hydrogen-bond acceptors (Lipinski definition) is 8. The summed E-state index contributed by atoms with van der Waals surface area (Å²) in [7, 11) is -4.71. The van der Waals surface area contributed by atoms with Crippen LogP contribution in [0.3, 0.4) is 0 Å². The first-order valence-electron chi connectivity index (χ1n) is 6.26. The lowest BCUT2D eigenvalue weighted by Crippen LogP contribution is -2.26. The molecule has 3 rings (SSSR count). The molecule has 0 radical (unpaired) electrons. The van der Waals surface area contributed by atoms with Crippen LogP contribution in [0.4, 0.5) is 0 Å². The van der Waals surface area contributed by atoms with Gasteiger partial charge in [0.05, 0.1) is 12.9 Å². The van der Waals surface area contributed by atoms with Crippen molar-refractivity contribution in [3.63, 3.8) is 0 Å². The van der Waals surface area contributed by atoms with Crippen LogP contribution in [-0.4, -0.2) is 58.3 Å². The predicted octanol–water partition coefficient (Wildman–Crippen LogP) is -0.710. The van der Waals surface area contributed by atoms with Gasteiger partial charge in [-0.3, -0.25) is 9.09 Å². The SMILES string of the molecule is O=P(O)(O)O[C@H]1C[C@H](n2cnc3c(O)ncnc32)O[C@@H]1CO. The van der Waals surface area contributed by atoms with Gasteiger partial charge in [0.25, 0.3) is 0 Å². The van der Waals surface area contributed by atoms with Crippen molar-refractivity contribution in [3.05, 3.63) is 12.7 Å².